The Hall–Kier alpha value is -2.21. The van der Waals surface area contributed by atoms with Gasteiger partial charge in [0.15, 0.2) is 0 Å². The summed E-state index contributed by atoms with van der Waals surface area (Å²) in [6, 6.07) is 2.63. The molecule has 0 saturated carbocycles. The number of amides is 1. The molecule has 0 spiro atoms. The highest BCUT2D eigenvalue weighted by Crippen LogP contribution is 2.31. The van der Waals surface area contributed by atoms with Crippen molar-refractivity contribution in [1.29, 1.82) is 0 Å². The lowest BCUT2D eigenvalue weighted by Crippen LogP contribution is -2.16. The molecule has 1 aromatic carbocycles. The molecular weight excluding hydrogens is 274 g/mol. The number of methoxy groups -OCH3 is 1. The first kappa shape index (κ1) is 14.8. The van der Waals surface area contributed by atoms with E-state index >= 15 is 0 Å². The Labute approximate surface area is 114 Å². The molecule has 7 heteroatoms. The molecule has 1 aromatic rings. The van der Waals surface area contributed by atoms with E-state index in [4.69, 9.17) is 26.2 Å². The number of carbonyl (C=O) groups excluding carboxylic acids is 1. The van der Waals surface area contributed by atoms with Crippen LogP contribution in [-0.4, -0.2) is 30.9 Å². The third-order valence-corrected chi connectivity index (χ3v) is 2.29. The van der Waals surface area contributed by atoms with Crippen molar-refractivity contribution in [1.82, 2.24) is 0 Å². The largest absolute Gasteiger partial charge is 0.496 e. The van der Waals surface area contributed by atoms with E-state index < -0.39 is 12.1 Å². The number of hydrogen-bond acceptors (Lipinski definition) is 4. The minimum Gasteiger partial charge on any atom is -0.496 e. The summed E-state index contributed by atoms with van der Waals surface area (Å²) in [5.74, 6) is -1.22. The Morgan fingerprint density at radius 2 is 2.21 bits per heavy atom. The number of carboxylic acids is 1. The predicted molar refractivity (Wildman–Crippen MR) is 70.1 cm³/mol. The quantitative estimate of drug-likeness (QED) is 0.813. The molecule has 0 bridgehead atoms. The Balaban J connectivity index is 3.11. The second kappa shape index (κ2) is 6.65. The molecule has 0 aliphatic heterocycles. The van der Waals surface area contributed by atoms with E-state index in [-0.39, 0.29) is 28.6 Å². The standard InChI is InChI=1S/C12H12ClNO5/c1-3-4-19-12(17)14-8-5-7(13)6-9(18-2)10(8)11(15)16/h3,5-6H,1,4H2,2H3,(H,14,17)(H,15,16). The zero-order chi connectivity index (χ0) is 14.4. The van der Waals surface area contributed by atoms with Crippen molar-refractivity contribution in [2.45, 2.75) is 0 Å². The number of ether oxygens (including phenoxy) is 2. The van der Waals surface area contributed by atoms with E-state index in [1.165, 1.54) is 25.3 Å². The molecule has 0 aliphatic rings. The summed E-state index contributed by atoms with van der Waals surface area (Å²) in [7, 11) is 1.30. The highest BCUT2D eigenvalue weighted by Gasteiger charge is 2.19. The zero-order valence-corrected chi connectivity index (χ0v) is 10.9. The average Bonchev–Trinajstić information content (AvgIpc) is 2.34. The van der Waals surface area contributed by atoms with Gasteiger partial charge >= 0.3 is 12.1 Å². The molecule has 19 heavy (non-hydrogen) atoms. The monoisotopic (exact) mass is 285 g/mol. The van der Waals surface area contributed by atoms with Crippen molar-refractivity contribution in [2.24, 2.45) is 0 Å². The molecule has 0 heterocycles. The molecule has 0 aliphatic carbocycles. The maximum absolute atomic E-state index is 11.4. The summed E-state index contributed by atoms with van der Waals surface area (Å²) < 4.78 is 9.62. The smallest absolute Gasteiger partial charge is 0.411 e. The van der Waals surface area contributed by atoms with E-state index in [1.807, 2.05) is 0 Å². The van der Waals surface area contributed by atoms with Crippen molar-refractivity contribution in [3.05, 3.63) is 35.4 Å². The van der Waals surface area contributed by atoms with Crippen molar-refractivity contribution in [3.8, 4) is 5.75 Å². The summed E-state index contributed by atoms with van der Waals surface area (Å²) in [5, 5.41) is 11.6. The maximum Gasteiger partial charge on any atom is 0.411 e. The van der Waals surface area contributed by atoms with Crippen LogP contribution in [0.5, 0.6) is 5.75 Å². The number of aromatic carboxylic acids is 1. The maximum atomic E-state index is 11.4. The van der Waals surface area contributed by atoms with Crippen LogP contribution in [-0.2, 0) is 4.74 Å². The molecule has 0 radical (unpaired) electrons. The van der Waals surface area contributed by atoms with E-state index in [0.29, 0.717) is 0 Å². The van der Waals surface area contributed by atoms with Gasteiger partial charge in [-0.05, 0) is 12.1 Å². The summed E-state index contributed by atoms with van der Waals surface area (Å²) in [6.07, 6.45) is 0.572. The molecule has 0 atom stereocenters. The summed E-state index contributed by atoms with van der Waals surface area (Å²) in [6.45, 7) is 3.39. The Morgan fingerprint density at radius 1 is 1.53 bits per heavy atom. The van der Waals surface area contributed by atoms with Crippen molar-refractivity contribution in [2.75, 3.05) is 19.0 Å². The van der Waals surface area contributed by atoms with Gasteiger partial charge in [0.1, 0.15) is 17.9 Å². The van der Waals surface area contributed by atoms with E-state index in [0.717, 1.165) is 0 Å². The molecule has 1 amide bonds. The molecule has 102 valence electrons. The number of carboxylic acid groups (broad SMARTS) is 1. The molecular formula is C12H12ClNO5. The fourth-order valence-corrected chi connectivity index (χ4v) is 1.55. The van der Waals surface area contributed by atoms with Crippen molar-refractivity contribution in [3.63, 3.8) is 0 Å². The number of anilines is 1. The minimum atomic E-state index is -1.26. The van der Waals surface area contributed by atoms with Crippen LogP contribution in [0.4, 0.5) is 10.5 Å². The number of halogens is 1. The van der Waals surface area contributed by atoms with Crippen LogP contribution in [0.25, 0.3) is 0 Å². The lowest BCUT2D eigenvalue weighted by Gasteiger charge is -2.12. The van der Waals surface area contributed by atoms with Gasteiger partial charge in [0.2, 0.25) is 0 Å². The summed E-state index contributed by atoms with van der Waals surface area (Å²) in [5.41, 5.74) is -0.214. The molecule has 6 nitrogen and oxygen atoms in total. The van der Waals surface area contributed by atoms with Crippen LogP contribution < -0.4 is 10.1 Å². The number of hydrogen-bond donors (Lipinski definition) is 2. The first-order valence-electron chi connectivity index (χ1n) is 5.15. The van der Waals surface area contributed by atoms with Gasteiger partial charge < -0.3 is 14.6 Å². The highest BCUT2D eigenvalue weighted by atomic mass is 35.5. The van der Waals surface area contributed by atoms with Gasteiger partial charge in [-0.1, -0.05) is 24.3 Å². The van der Waals surface area contributed by atoms with Gasteiger partial charge in [0.05, 0.1) is 12.8 Å². The third-order valence-electron chi connectivity index (χ3n) is 2.07. The molecule has 2 N–H and O–H groups in total. The van der Waals surface area contributed by atoms with Crippen LogP contribution in [0.2, 0.25) is 5.02 Å². The van der Waals surface area contributed by atoms with E-state index in [9.17, 15) is 9.59 Å². The SMILES string of the molecule is C=CCOC(=O)Nc1cc(Cl)cc(OC)c1C(=O)O. The van der Waals surface area contributed by atoms with Gasteiger partial charge in [-0.15, -0.1) is 0 Å². The third kappa shape index (κ3) is 3.89. The zero-order valence-electron chi connectivity index (χ0n) is 10.1. The van der Waals surface area contributed by atoms with Crippen LogP contribution in [0.15, 0.2) is 24.8 Å². The van der Waals surface area contributed by atoms with Crippen molar-refractivity contribution < 1.29 is 24.2 Å². The Kier molecular flexibility index (Phi) is 5.20. The minimum absolute atomic E-state index is 0.00589. The Bertz CT molecular complexity index is 515. The van der Waals surface area contributed by atoms with Crippen LogP contribution >= 0.6 is 11.6 Å². The molecule has 0 saturated heterocycles. The lowest BCUT2D eigenvalue weighted by molar-refractivity contribution is 0.0694. The number of nitrogens with one attached hydrogen (secondary N) is 1. The Morgan fingerprint density at radius 3 is 2.74 bits per heavy atom. The molecule has 0 fully saturated rings. The first-order valence-corrected chi connectivity index (χ1v) is 5.53. The number of rotatable bonds is 5. The summed E-state index contributed by atoms with van der Waals surface area (Å²) in [4.78, 5) is 22.6. The van der Waals surface area contributed by atoms with Crippen LogP contribution in [0, 0.1) is 0 Å². The van der Waals surface area contributed by atoms with Gasteiger partial charge in [0, 0.05) is 5.02 Å². The normalized spacial score (nSPS) is 9.58. The molecule has 0 unspecified atom stereocenters. The number of benzene rings is 1. The van der Waals surface area contributed by atoms with Gasteiger partial charge in [-0.2, -0.15) is 0 Å². The molecule has 1 rings (SSSR count). The van der Waals surface area contributed by atoms with Crippen LogP contribution in [0.3, 0.4) is 0 Å². The fourth-order valence-electron chi connectivity index (χ4n) is 1.34. The highest BCUT2D eigenvalue weighted by molar-refractivity contribution is 6.31. The predicted octanol–water partition coefficient (Wildman–Crippen LogP) is 2.78. The lowest BCUT2D eigenvalue weighted by atomic mass is 10.1. The van der Waals surface area contributed by atoms with Gasteiger partial charge in [-0.3, -0.25) is 5.32 Å². The second-order valence-electron chi connectivity index (χ2n) is 3.35. The first-order chi connectivity index (χ1) is 8.99. The molecule has 0 aromatic heterocycles. The van der Waals surface area contributed by atoms with Gasteiger partial charge in [0.25, 0.3) is 0 Å². The van der Waals surface area contributed by atoms with E-state index in [2.05, 4.69) is 11.9 Å². The summed E-state index contributed by atoms with van der Waals surface area (Å²) >= 11 is 5.81. The van der Waals surface area contributed by atoms with Gasteiger partial charge in [-0.25, -0.2) is 9.59 Å². The van der Waals surface area contributed by atoms with Crippen LogP contribution in [0.1, 0.15) is 10.4 Å². The van der Waals surface area contributed by atoms with E-state index in [1.54, 1.807) is 0 Å². The topological polar surface area (TPSA) is 84.9 Å². The fraction of sp³-hybridized carbons (Fsp3) is 0.167. The van der Waals surface area contributed by atoms with Crippen molar-refractivity contribution >= 4 is 29.4 Å². The number of carbonyl (C=O) groups is 2. The average molecular weight is 286 g/mol. The second-order valence-corrected chi connectivity index (χ2v) is 3.78.